The van der Waals surface area contributed by atoms with Gasteiger partial charge in [-0.15, -0.1) is 0 Å². The molecule has 0 spiro atoms. The van der Waals surface area contributed by atoms with E-state index in [1.165, 1.54) is 5.56 Å². The van der Waals surface area contributed by atoms with Crippen molar-refractivity contribution in [2.45, 2.75) is 32.2 Å². The molecular formula is C11H17NO2S. The number of thiophene rings is 1. The zero-order valence-electron chi connectivity index (χ0n) is 8.90. The van der Waals surface area contributed by atoms with E-state index < -0.39 is 5.97 Å². The number of aliphatic carboxylic acids is 1. The second-order valence-corrected chi connectivity index (χ2v) is 4.47. The quantitative estimate of drug-likeness (QED) is 0.702. The molecule has 0 saturated heterocycles. The molecule has 84 valence electrons. The Morgan fingerprint density at radius 1 is 1.67 bits per heavy atom. The van der Waals surface area contributed by atoms with Gasteiger partial charge < -0.3 is 10.4 Å². The largest absolute Gasteiger partial charge is 0.481 e. The summed E-state index contributed by atoms with van der Waals surface area (Å²) in [7, 11) is 0. The van der Waals surface area contributed by atoms with Gasteiger partial charge in [0, 0.05) is 12.5 Å². The monoisotopic (exact) mass is 227 g/mol. The van der Waals surface area contributed by atoms with Crippen molar-refractivity contribution in [2.75, 3.05) is 6.54 Å². The summed E-state index contributed by atoms with van der Waals surface area (Å²) in [5.41, 5.74) is 1.35. The number of hydrogen-bond donors (Lipinski definition) is 2. The number of carbonyl (C=O) groups is 1. The number of hydrogen-bond acceptors (Lipinski definition) is 3. The van der Waals surface area contributed by atoms with Gasteiger partial charge in [0.25, 0.3) is 0 Å². The number of carboxylic acid groups (broad SMARTS) is 1. The molecule has 0 saturated carbocycles. The summed E-state index contributed by atoms with van der Waals surface area (Å²) in [6.45, 7) is 2.90. The molecule has 1 unspecified atom stereocenters. The van der Waals surface area contributed by atoms with Crippen LogP contribution in [0.3, 0.4) is 0 Å². The van der Waals surface area contributed by atoms with E-state index in [9.17, 15) is 4.79 Å². The molecule has 1 aromatic rings. The molecule has 1 rings (SSSR count). The predicted molar refractivity (Wildman–Crippen MR) is 62.4 cm³/mol. The maximum atomic E-state index is 10.3. The first kappa shape index (κ1) is 12.2. The maximum Gasteiger partial charge on any atom is 0.303 e. The van der Waals surface area contributed by atoms with Crippen LogP contribution in [0, 0.1) is 0 Å². The van der Waals surface area contributed by atoms with Crippen LogP contribution in [0.25, 0.3) is 0 Å². The third-order valence-electron chi connectivity index (χ3n) is 2.18. The van der Waals surface area contributed by atoms with Crippen LogP contribution >= 0.6 is 11.3 Å². The molecule has 0 aliphatic carbocycles. The second-order valence-electron chi connectivity index (χ2n) is 3.69. The van der Waals surface area contributed by atoms with Crippen LogP contribution in [0.15, 0.2) is 16.8 Å². The summed E-state index contributed by atoms with van der Waals surface area (Å²) in [6.07, 6.45) is 1.96. The van der Waals surface area contributed by atoms with Gasteiger partial charge in [-0.1, -0.05) is 0 Å². The van der Waals surface area contributed by atoms with E-state index in [1.54, 1.807) is 11.3 Å². The van der Waals surface area contributed by atoms with Crippen LogP contribution in [-0.2, 0) is 11.2 Å². The van der Waals surface area contributed by atoms with Crippen molar-refractivity contribution in [3.05, 3.63) is 22.4 Å². The van der Waals surface area contributed by atoms with Gasteiger partial charge >= 0.3 is 5.97 Å². The van der Waals surface area contributed by atoms with Gasteiger partial charge in [-0.2, -0.15) is 11.3 Å². The lowest BCUT2D eigenvalue weighted by atomic mass is 10.1. The lowest BCUT2D eigenvalue weighted by molar-refractivity contribution is -0.137. The third-order valence-corrected chi connectivity index (χ3v) is 2.91. The van der Waals surface area contributed by atoms with E-state index in [-0.39, 0.29) is 6.42 Å². The van der Waals surface area contributed by atoms with Crippen LogP contribution in [0.4, 0.5) is 0 Å². The molecule has 0 fully saturated rings. The molecular weight excluding hydrogens is 210 g/mol. The van der Waals surface area contributed by atoms with Gasteiger partial charge in [-0.25, -0.2) is 0 Å². The molecule has 3 nitrogen and oxygen atoms in total. The summed E-state index contributed by atoms with van der Waals surface area (Å²) in [4.78, 5) is 10.3. The van der Waals surface area contributed by atoms with Crippen molar-refractivity contribution < 1.29 is 9.90 Å². The average molecular weight is 227 g/mol. The van der Waals surface area contributed by atoms with Crippen molar-refractivity contribution in [3.8, 4) is 0 Å². The van der Waals surface area contributed by atoms with Crippen LogP contribution in [-0.4, -0.2) is 23.7 Å². The van der Waals surface area contributed by atoms with Crippen molar-refractivity contribution in [1.82, 2.24) is 5.32 Å². The lowest BCUT2D eigenvalue weighted by Gasteiger charge is -2.12. The zero-order valence-corrected chi connectivity index (χ0v) is 9.72. The molecule has 0 radical (unpaired) electrons. The Morgan fingerprint density at radius 2 is 2.47 bits per heavy atom. The molecule has 0 amide bonds. The normalized spacial score (nSPS) is 12.6. The fourth-order valence-corrected chi connectivity index (χ4v) is 2.10. The maximum absolute atomic E-state index is 10.3. The predicted octanol–water partition coefficient (Wildman–Crippen LogP) is 2.13. The SMILES string of the molecule is CC(Cc1ccsc1)NCCCC(=O)O. The van der Waals surface area contributed by atoms with Gasteiger partial charge in [0.2, 0.25) is 0 Å². The van der Waals surface area contributed by atoms with Crippen molar-refractivity contribution in [3.63, 3.8) is 0 Å². The molecule has 0 aliphatic heterocycles. The smallest absolute Gasteiger partial charge is 0.303 e. The van der Waals surface area contributed by atoms with Crippen molar-refractivity contribution >= 4 is 17.3 Å². The fourth-order valence-electron chi connectivity index (χ4n) is 1.42. The number of nitrogens with one attached hydrogen (secondary N) is 1. The molecule has 0 aliphatic rings. The van der Waals surface area contributed by atoms with E-state index in [4.69, 9.17) is 5.11 Å². The van der Waals surface area contributed by atoms with Crippen molar-refractivity contribution in [1.29, 1.82) is 0 Å². The Bertz CT molecular complexity index is 285. The highest BCUT2D eigenvalue weighted by Gasteiger charge is 2.03. The molecule has 1 heterocycles. The highest BCUT2D eigenvalue weighted by Crippen LogP contribution is 2.08. The first-order valence-electron chi connectivity index (χ1n) is 5.14. The summed E-state index contributed by atoms with van der Waals surface area (Å²) in [6, 6.07) is 2.54. The highest BCUT2D eigenvalue weighted by molar-refractivity contribution is 7.07. The Morgan fingerprint density at radius 3 is 3.07 bits per heavy atom. The minimum atomic E-state index is -0.720. The molecule has 0 aromatic carbocycles. The van der Waals surface area contributed by atoms with E-state index in [0.717, 1.165) is 13.0 Å². The first-order chi connectivity index (χ1) is 7.18. The molecule has 0 bridgehead atoms. The Labute approximate surface area is 94.1 Å². The molecule has 15 heavy (non-hydrogen) atoms. The summed E-state index contributed by atoms with van der Waals surface area (Å²) < 4.78 is 0. The summed E-state index contributed by atoms with van der Waals surface area (Å²) in [5, 5.41) is 16.0. The van der Waals surface area contributed by atoms with Gasteiger partial charge in [-0.05, 0) is 48.7 Å². The average Bonchev–Trinajstić information content (AvgIpc) is 2.64. The van der Waals surface area contributed by atoms with Crippen LogP contribution in [0.1, 0.15) is 25.3 Å². The number of carboxylic acids is 1. The second kappa shape index (κ2) is 6.58. The molecule has 2 N–H and O–H groups in total. The third kappa shape index (κ3) is 5.54. The van der Waals surface area contributed by atoms with Crippen LogP contribution in [0.5, 0.6) is 0 Å². The zero-order chi connectivity index (χ0) is 11.1. The van der Waals surface area contributed by atoms with Crippen molar-refractivity contribution in [2.24, 2.45) is 0 Å². The Balaban J connectivity index is 2.08. The first-order valence-corrected chi connectivity index (χ1v) is 6.09. The van der Waals surface area contributed by atoms with E-state index in [0.29, 0.717) is 12.5 Å². The number of rotatable bonds is 7. The van der Waals surface area contributed by atoms with Crippen LogP contribution < -0.4 is 5.32 Å². The topological polar surface area (TPSA) is 49.3 Å². The van der Waals surface area contributed by atoms with Gasteiger partial charge in [0.05, 0.1) is 0 Å². The minimum absolute atomic E-state index is 0.248. The van der Waals surface area contributed by atoms with Gasteiger partial charge in [-0.3, -0.25) is 4.79 Å². The molecule has 1 aromatic heterocycles. The highest BCUT2D eigenvalue weighted by atomic mass is 32.1. The van der Waals surface area contributed by atoms with Gasteiger partial charge in [0.1, 0.15) is 0 Å². The lowest BCUT2D eigenvalue weighted by Crippen LogP contribution is -2.29. The van der Waals surface area contributed by atoms with E-state index in [1.807, 2.05) is 0 Å². The van der Waals surface area contributed by atoms with E-state index in [2.05, 4.69) is 29.1 Å². The summed E-state index contributed by atoms with van der Waals surface area (Å²) >= 11 is 1.71. The Hall–Kier alpha value is -0.870. The van der Waals surface area contributed by atoms with E-state index >= 15 is 0 Å². The fraction of sp³-hybridized carbons (Fsp3) is 0.545. The van der Waals surface area contributed by atoms with Crippen LogP contribution in [0.2, 0.25) is 0 Å². The Kier molecular flexibility index (Phi) is 5.36. The molecule has 1 atom stereocenters. The minimum Gasteiger partial charge on any atom is -0.481 e. The van der Waals surface area contributed by atoms with Gasteiger partial charge in [0.15, 0.2) is 0 Å². The standard InChI is InChI=1S/C11H17NO2S/c1-9(7-10-4-6-15-8-10)12-5-2-3-11(13)14/h4,6,8-9,12H,2-3,5,7H2,1H3,(H,13,14). The summed E-state index contributed by atoms with van der Waals surface area (Å²) in [5.74, 6) is -0.720. The molecule has 4 heteroatoms.